The van der Waals surface area contributed by atoms with Crippen molar-refractivity contribution in [1.82, 2.24) is 5.06 Å². The van der Waals surface area contributed by atoms with Gasteiger partial charge in [-0.1, -0.05) is 0 Å². The molecule has 1 aliphatic heterocycles. The summed E-state index contributed by atoms with van der Waals surface area (Å²) in [6.45, 7) is 12.0. The van der Waals surface area contributed by atoms with Gasteiger partial charge in [-0.25, -0.2) is 0 Å². The van der Waals surface area contributed by atoms with Crippen LogP contribution in [0.3, 0.4) is 0 Å². The lowest BCUT2D eigenvalue weighted by Gasteiger charge is -2.51. The summed E-state index contributed by atoms with van der Waals surface area (Å²) in [7, 11) is 0. The molecule has 1 heterocycles. The zero-order valence-electron chi connectivity index (χ0n) is 13.6. The van der Waals surface area contributed by atoms with E-state index in [1.54, 1.807) is 0 Å². The van der Waals surface area contributed by atoms with Crippen LogP contribution in [0, 0.1) is 14.1 Å². The minimum Gasteiger partial charge on any atom is -0.293 e. The highest BCUT2D eigenvalue weighted by molar-refractivity contribution is 14.1. The van der Waals surface area contributed by atoms with Crippen LogP contribution in [-0.4, -0.2) is 16.1 Å². The molecule has 4 heteroatoms. The maximum Gasteiger partial charge on any atom is 0.0947 e. The third-order valence-electron chi connectivity index (χ3n) is 4.35. The molecule has 0 atom stereocenters. The number of hydroxylamine groups is 2. The Labute approximate surface area is 156 Å². The third-order valence-corrected chi connectivity index (χ3v) is 6.52. The predicted octanol–water partition coefficient (Wildman–Crippen LogP) is 5.68. The van der Waals surface area contributed by atoms with Crippen LogP contribution in [0.5, 0.6) is 0 Å². The van der Waals surface area contributed by atoms with Crippen LogP contribution in [0.1, 0.15) is 58.1 Å². The standard InChI is InChI=1S/C17H25I2NO/c1-12-9-15(19)13(10-14(12)18)11-21-20-16(2,3)7-6-8-17(20,4)5/h9-10H,6-8,11H2,1-5H3. The molecule has 1 fully saturated rings. The average molecular weight is 513 g/mol. The predicted molar refractivity (Wildman–Crippen MR) is 105 cm³/mol. The summed E-state index contributed by atoms with van der Waals surface area (Å²) in [5.74, 6) is 0. The van der Waals surface area contributed by atoms with Crippen molar-refractivity contribution in [3.63, 3.8) is 0 Å². The van der Waals surface area contributed by atoms with Crippen LogP contribution in [-0.2, 0) is 11.4 Å². The van der Waals surface area contributed by atoms with E-state index in [1.807, 2.05) is 0 Å². The number of aryl methyl sites for hydroxylation is 1. The van der Waals surface area contributed by atoms with Crippen LogP contribution < -0.4 is 0 Å². The van der Waals surface area contributed by atoms with Gasteiger partial charge in [0.25, 0.3) is 0 Å². The molecule has 0 radical (unpaired) electrons. The average Bonchev–Trinajstić information content (AvgIpc) is 2.33. The summed E-state index contributed by atoms with van der Waals surface area (Å²) in [5.41, 5.74) is 2.82. The molecule has 1 aromatic carbocycles. The number of hydrogen-bond donors (Lipinski definition) is 0. The van der Waals surface area contributed by atoms with Gasteiger partial charge in [0, 0.05) is 18.2 Å². The van der Waals surface area contributed by atoms with Gasteiger partial charge < -0.3 is 0 Å². The van der Waals surface area contributed by atoms with Gasteiger partial charge in [0.15, 0.2) is 0 Å². The number of benzene rings is 1. The van der Waals surface area contributed by atoms with Crippen LogP contribution in [0.15, 0.2) is 12.1 Å². The van der Waals surface area contributed by atoms with Gasteiger partial charge in [0.1, 0.15) is 0 Å². The molecule has 0 amide bonds. The molecular weight excluding hydrogens is 488 g/mol. The number of rotatable bonds is 3. The summed E-state index contributed by atoms with van der Waals surface area (Å²) < 4.78 is 2.60. The molecule has 2 rings (SSSR count). The van der Waals surface area contributed by atoms with E-state index in [0.717, 1.165) is 0 Å². The van der Waals surface area contributed by atoms with Gasteiger partial charge >= 0.3 is 0 Å². The van der Waals surface area contributed by atoms with Crippen molar-refractivity contribution < 1.29 is 4.84 Å². The topological polar surface area (TPSA) is 12.5 Å². The Morgan fingerprint density at radius 1 is 1.05 bits per heavy atom. The highest BCUT2D eigenvalue weighted by Gasteiger charge is 2.42. The van der Waals surface area contributed by atoms with E-state index in [-0.39, 0.29) is 11.1 Å². The summed E-state index contributed by atoms with van der Waals surface area (Å²) in [6, 6.07) is 4.50. The monoisotopic (exact) mass is 513 g/mol. The van der Waals surface area contributed by atoms with E-state index in [9.17, 15) is 0 Å². The minimum atomic E-state index is 0.102. The Balaban J connectivity index is 2.16. The number of nitrogens with zero attached hydrogens (tertiary/aromatic N) is 1. The smallest absolute Gasteiger partial charge is 0.0947 e. The van der Waals surface area contributed by atoms with E-state index >= 15 is 0 Å². The van der Waals surface area contributed by atoms with Crippen molar-refractivity contribution in [3.8, 4) is 0 Å². The Hall–Kier alpha value is 0.600. The lowest BCUT2D eigenvalue weighted by atomic mass is 9.82. The van der Waals surface area contributed by atoms with E-state index in [4.69, 9.17) is 4.84 Å². The molecule has 21 heavy (non-hydrogen) atoms. The molecule has 0 unspecified atom stereocenters. The van der Waals surface area contributed by atoms with Crippen LogP contribution >= 0.6 is 45.2 Å². The highest BCUT2D eigenvalue weighted by atomic mass is 127. The number of halogens is 2. The first-order chi connectivity index (χ1) is 9.63. The fourth-order valence-corrected chi connectivity index (χ4v) is 4.57. The van der Waals surface area contributed by atoms with Crippen LogP contribution in [0.2, 0.25) is 0 Å². The maximum atomic E-state index is 6.30. The zero-order chi connectivity index (χ0) is 15.8. The molecule has 0 saturated carbocycles. The largest absolute Gasteiger partial charge is 0.293 e. The van der Waals surface area contributed by atoms with Crippen molar-refractivity contribution in [3.05, 3.63) is 30.4 Å². The summed E-state index contributed by atoms with van der Waals surface area (Å²) >= 11 is 4.81. The normalized spacial score (nSPS) is 21.5. The van der Waals surface area contributed by atoms with Crippen LogP contribution in [0.25, 0.3) is 0 Å². The second-order valence-corrected chi connectivity index (χ2v) is 9.56. The van der Waals surface area contributed by atoms with Crippen molar-refractivity contribution in [2.45, 2.75) is 71.6 Å². The molecule has 2 nitrogen and oxygen atoms in total. The molecule has 0 aromatic heterocycles. The van der Waals surface area contributed by atoms with E-state index in [2.05, 4.69) is 97.0 Å². The summed E-state index contributed by atoms with van der Waals surface area (Å²) in [6.07, 6.45) is 3.66. The van der Waals surface area contributed by atoms with E-state index in [1.165, 1.54) is 37.5 Å². The molecule has 0 aliphatic carbocycles. The minimum absolute atomic E-state index is 0.102. The van der Waals surface area contributed by atoms with Gasteiger partial charge in [0.05, 0.1) is 6.61 Å². The fourth-order valence-electron chi connectivity index (χ4n) is 3.26. The quantitative estimate of drug-likeness (QED) is 0.483. The second kappa shape index (κ2) is 6.61. The lowest BCUT2D eigenvalue weighted by Crippen LogP contribution is -2.58. The van der Waals surface area contributed by atoms with E-state index < -0.39 is 0 Å². The molecule has 118 valence electrons. The van der Waals surface area contributed by atoms with Crippen molar-refractivity contribution >= 4 is 45.2 Å². The Morgan fingerprint density at radius 3 is 2.19 bits per heavy atom. The van der Waals surface area contributed by atoms with Gasteiger partial charge in [0.2, 0.25) is 0 Å². The Morgan fingerprint density at radius 2 is 1.62 bits per heavy atom. The maximum absolute atomic E-state index is 6.30. The Kier molecular flexibility index (Phi) is 5.65. The first-order valence-electron chi connectivity index (χ1n) is 7.51. The van der Waals surface area contributed by atoms with Crippen molar-refractivity contribution in [2.24, 2.45) is 0 Å². The Bertz CT molecular complexity index is 510. The first kappa shape index (κ1) is 17.9. The second-order valence-electron chi connectivity index (χ2n) is 7.24. The highest BCUT2D eigenvalue weighted by Crippen LogP contribution is 2.38. The van der Waals surface area contributed by atoms with Gasteiger partial charge in [-0.3, -0.25) is 4.84 Å². The summed E-state index contributed by atoms with van der Waals surface area (Å²) in [4.78, 5) is 6.30. The molecule has 1 aliphatic rings. The lowest BCUT2D eigenvalue weighted by molar-refractivity contribution is -0.288. The molecule has 1 aromatic rings. The van der Waals surface area contributed by atoms with Crippen LogP contribution in [0.4, 0.5) is 0 Å². The summed E-state index contributed by atoms with van der Waals surface area (Å²) in [5, 5.41) is 2.24. The van der Waals surface area contributed by atoms with Gasteiger partial charge in [-0.2, -0.15) is 5.06 Å². The SMILES string of the molecule is Cc1cc(I)c(CON2C(C)(C)CCCC2(C)C)cc1I. The molecule has 0 spiro atoms. The third kappa shape index (κ3) is 4.12. The number of piperidine rings is 1. The van der Waals surface area contributed by atoms with Crippen molar-refractivity contribution in [1.29, 1.82) is 0 Å². The van der Waals surface area contributed by atoms with Gasteiger partial charge in [-0.15, -0.1) is 0 Å². The molecule has 0 N–H and O–H groups in total. The van der Waals surface area contributed by atoms with E-state index in [0.29, 0.717) is 6.61 Å². The van der Waals surface area contributed by atoms with Gasteiger partial charge in [-0.05, 0) is 122 Å². The molecule has 1 saturated heterocycles. The molecular formula is C17H25I2NO. The first-order valence-corrected chi connectivity index (χ1v) is 9.67. The fraction of sp³-hybridized carbons (Fsp3) is 0.647. The number of hydrogen-bond acceptors (Lipinski definition) is 2. The zero-order valence-corrected chi connectivity index (χ0v) is 17.9. The molecule has 0 bridgehead atoms. The van der Waals surface area contributed by atoms with Crippen molar-refractivity contribution in [2.75, 3.05) is 0 Å².